The van der Waals surface area contributed by atoms with Crippen molar-refractivity contribution < 1.29 is 9.59 Å². The van der Waals surface area contributed by atoms with Crippen molar-refractivity contribution in [3.8, 4) is 0 Å². The second kappa shape index (κ2) is 11.7. The summed E-state index contributed by atoms with van der Waals surface area (Å²) >= 11 is 0. The Morgan fingerprint density at radius 2 is 1.42 bits per heavy atom. The summed E-state index contributed by atoms with van der Waals surface area (Å²) in [6, 6.07) is 16.0. The number of nitrogens with one attached hydrogen (secondary N) is 1. The van der Waals surface area contributed by atoms with Crippen molar-refractivity contribution in [2.75, 3.05) is 32.5 Å². The molecule has 0 aromatic heterocycles. The zero-order chi connectivity index (χ0) is 23.0. The van der Waals surface area contributed by atoms with Crippen molar-refractivity contribution >= 4 is 17.5 Å². The topological polar surface area (TPSA) is 52.7 Å². The van der Waals surface area contributed by atoms with E-state index in [4.69, 9.17) is 0 Å². The molecule has 0 atom stereocenters. The van der Waals surface area contributed by atoms with E-state index in [9.17, 15) is 9.59 Å². The predicted molar refractivity (Wildman–Crippen MR) is 128 cm³/mol. The molecule has 5 nitrogen and oxygen atoms in total. The zero-order valence-corrected chi connectivity index (χ0v) is 19.8. The molecule has 0 aliphatic carbocycles. The molecule has 1 N–H and O–H groups in total. The highest BCUT2D eigenvalue weighted by molar-refractivity contribution is 6.04. The van der Waals surface area contributed by atoms with Crippen LogP contribution in [0.4, 0.5) is 5.69 Å². The molecule has 0 spiro atoms. The monoisotopic (exact) mass is 423 g/mol. The van der Waals surface area contributed by atoms with Crippen molar-refractivity contribution in [1.82, 2.24) is 9.80 Å². The summed E-state index contributed by atoms with van der Waals surface area (Å²) in [5.74, 6) is 0.137. The van der Waals surface area contributed by atoms with Crippen molar-refractivity contribution in [2.45, 2.75) is 52.5 Å². The van der Waals surface area contributed by atoms with Gasteiger partial charge in [0.15, 0.2) is 0 Å². The van der Waals surface area contributed by atoms with Gasteiger partial charge in [-0.2, -0.15) is 0 Å². The summed E-state index contributed by atoms with van der Waals surface area (Å²) in [5, 5.41) is 3.06. The Kier molecular flexibility index (Phi) is 9.25. The summed E-state index contributed by atoms with van der Waals surface area (Å²) in [6.07, 6.45) is -0.162. The van der Waals surface area contributed by atoms with E-state index >= 15 is 0 Å². The van der Waals surface area contributed by atoms with Crippen LogP contribution in [0.2, 0.25) is 0 Å². The molecule has 2 aromatic rings. The van der Waals surface area contributed by atoms with Gasteiger partial charge in [0.05, 0.1) is 0 Å². The van der Waals surface area contributed by atoms with Crippen LogP contribution in [0, 0.1) is 0 Å². The molecule has 0 saturated carbocycles. The lowest BCUT2D eigenvalue weighted by Gasteiger charge is -2.25. The quantitative estimate of drug-likeness (QED) is 0.556. The SMILES string of the molecule is CC(C)c1cccc(C(C)C)c1NC(=O)CC(=O)N(CCN(C)C)Cc1ccccc1. The van der Waals surface area contributed by atoms with E-state index < -0.39 is 0 Å². The lowest BCUT2D eigenvalue weighted by Crippen LogP contribution is -2.38. The average Bonchev–Trinajstić information content (AvgIpc) is 2.71. The van der Waals surface area contributed by atoms with Crippen molar-refractivity contribution in [3.63, 3.8) is 0 Å². The van der Waals surface area contributed by atoms with E-state index in [2.05, 4.69) is 33.0 Å². The van der Waals surface area contributed by atoms with Gasteiger partial charge in [0.2, 0.25) is 11.8 Å². The first-order chi connectivity index (χ1) is 14.7. The third kappa shape index (κ3) is 7.51. The number of benzene rings is 2. The summed E-state index contributed by atoms with van der Waals surface area (Å²) in [5.41, 5.74) is 4.11. The van der Waals surface area contributed by atoms with Gasteiger partial charge < -0.3 is 15.1 Å². The first kappa shape index (κ1) is 24.6. The van der Waals surface area contributed by atoms with Gasteiger partial charge in [-0.1, -0.05) is 76.2 Å². The van der Waals surface area contributed by atoms with Gasteiger partial charge in [0.1, 0.15) is 6.42 Å². The molecule has 0 aliphatic rings. The molecule has 0 unspecified atom stereocenters. The van der Waals surface area contributed by atoms with Gasteiger partial charge in [-0.15, -0.1) is 0 Å². The van der Waals surface area contributed by atoms with E-state index in [1.165, 1.54) is 0 Å². The summed E-state index contributed by atoms with van der Waals surface area (Å²) in [6.45, 7) is 10.3. The molecule has 168 valence electrons. The second-order valence-electron chi connectivity index (χ2n) is 8.95. The van der Waals surface area contributed by atoms with Gasteiger partial charge in [-0.05, 0) is 42.6 Å². The Morgan fingerprint density at radius 1 is 0.839 bits per heavy atom. The normalized spacial score (nSPS) is 11.3. The standard InChI is InChI=1S/C26H37N3O2/c1-19(2)22-13-10-14-23(20(3)4)26(22)27-24(30)17-25(31)29(16-15-28(5)6)18-21-11-8-7-9-12-21/h7-14,19-20H,15-18H2,1-6H3,(H,27,30). The van der Waals surface area contributed by atoms with Gasteiger partial charge in [0.25, 0.3) is 0 Å². The molecule has 5 heteroatoms. The van der Waals surface area contributed by atoms with Gasteiger partial charge >= 0.3 is 0 Å². The fraction of sp³-hybridized carbons (Fsp3) is 0.462. The molecule has 0 radical (unpaired) electrons. The van der Waals surface area contributed by atoms with Crippen molar-refractivity contribution in [1.29, 1.82) is 0 Å². The number of hydrogen-bond acceptors (Lipinski definition) is 3. The molecule has 2 amide bonds. The third-order valence-electron chi connectivity index (χ3n) is 5.34. The van der Waals surface area contributed by atoms with Crippen LogP contribution in [0.25, 0.3) is 0 Å². The minimum absolute atomic E-state index is 0.156. The Bertz CT molecular complexity index is 834. The fourth-order valence-electron chi connectivity index (χ4n) is 3.54. The van der Waals surface area contributed by atoms with Crippen LogP contribution < -0.4 is 5.32 Å². The maximum absolute atomic E-state index is 13.0. The number of carbonyl (C=O) groups is 2. The molecular formula is C26H37N3O2. The van der Waals surface area contributed by atoms with Gasteiger partial charge in [0, 0.05) is 25.3 Å². The molecule has 0 aliphatic heterocycles. The average molecular weight is 424 g/mol. The minimum Gasteiger partial charge on any atom is -0.337 e. The van der Waals surface area contributed by atoms with E-state index in [-0.39, 0.29) is 30.1 Å². The molecule has 0 saturated heterocycles. The number of nitrogens with zero attached hydrogens (tertiary/aromatic N) is 2. The predicted octanol–water partition coefficient (Wildman–Crippen LogP) is 4.85. The molecule has 0 bridgehead atoms. The maximum atomic E-state index is 13.0. The van der Waals surface area contributed by atoms with E-state index in [1.807, 2.05) is 67.5 Å². The van der Waals surface area contributed by atoms with Crippen LogP contribution in [-0.2, 0) is 16.1 Å². The smallest absolute Gasteiger partial charge is 0.233 e. The zero-order valence-electron chi connectivity index (χ0n) is 19.8. The van der Waals surface area contributed by atoms with Crippen LogP contribution >= 0.6 is 0 Å². The number of carbonyl (C=O) groups excluding carboxylic acids is 2. The Morgan fingerprint density at radius 3 is 1.94 bits per heavy atom. The summed E-state index contributed by atoms with van der Waals surface area (Å²) in [4.78, 5) is 29.8. The largest absolute Gasteiger partial charge is 0.337 e. The molecule has 2 rings (SSSR count). The number of para-hydroxylation sites is 1. The summed E-state index contributed by atoms with van der Waals surface area (Å²) in [7, 11) is 3.96. The molecule has 0 fully saturated rings. The summed E-state index contributed by atoms with van der Waals surface area (Å²) < 4.78 is 0. The Balaban J connectivity index is 2.16. The van der Waals surface area contributed by atoms with Crippen LogP contribution in [0.1, 0.15) is 62.6 Å². The Hall–Kier alpha value is -2.66. The molecule has 31 heavy (non-hydrogen) atoms. The number of amides is 2. The van der Waals surface area contributed by atoms with Gasteiger partial charge in [-0.3, -0.25) is 9.59 Å². The first-order valence-electron chi connectivity index (χ1n) is 11.1. The van der Waals surface area contributed by atoms with Crippen LogP contribution in [-0.4, -0.2) is 48.8 Å². The Labute approximate surface area is 187 Å². The lowest BCUT2D eigenvalue weighted by atomic mass is 9.92. The van der Waals surface area contributed by atoms with Crippen LogP contribution in [0.15, 0.2) is 48.5 Å². The number of hydrogen-bond donors (Lipinski definition) is 1. The maximum Gasteiger partial charge on any atom is 0.233 e. The number of likely N-dealkylation sites (N-methyl/N-ethyl adjacent to an activating group) is 1. The van der Waals surface area contributed by atoms with E-state index in [1.54, 1.807) is 4.90 Å². The number of rotatable bonds is 10. The minimum atomic E-state index is -0.261. The highest BCUT2D eigenvalue weighted by atomic mass is 16.2. The molecular weight excluding hydrogens is 386 g/mol. The van der Waals surface area contributed by atoms with Crippen LogP contribution in [0.3, 0.4) is 0 Å². The van der Waals surface area contributed by atoms with Gasteiger partial charge in [-0.25, -0.2) is 0 Å². The van der Waals surface area contributed by atoms with Crippen molar-refractivity contribution in [3.05, 3.63) is 65.2 Å². The number of anilines is 1. The van der Waals surface area contributed by atoms with E-state index in [0.29, 0.717) is 13.1 Å². The van der Waals surface area contributed by atoms with Crippen molar-refractivity contribution in [2.24, 2.45) is 0 Å². The molecule has 2 aromatic carbocycles. The third-order valence-corrected chi connectivity index (χ3v) is 5.34. The first-order valence-corrected chi connectivity index (χ1v) is 11.1. The lowest BCUT2D eigenvalue weighted by molar-refractivity contribution is -0.135. The second-order valence-corrected chi connectivity index (χ2v) is 8.95. The fourth-order valence-corrected chi connectivity index (χ4v) is 3.54. The highest BCUT2D eigenvalue weighted by Gasteiger charge is 2.21. The van der Waals surface area contributed by atoms with Crippen LogP contribution in [0.5, 0.6) is 0 Å². The molecule has 0 heterocycles. The highest BCUT2D eigenvalue weighted by Crippen LogP contribution is 2.32. The van der Waals surface area contributed by atoms with E-state index in [0.717, 1.165) is 28.9 Å².